The van der Waals surface area contributed by atoms with Gasteiger partial charge in [-0.2, -0.15) is 0 Å². The zero-order valence-corrected chi connectivity index (χ0v) is 16.4. The third-order valence-electron chi connectivity index (χ3n) is 5.03. The largest absolute Gasteiger partial charge is 0.382 e. The summed E-state index contributed by atoms with van der Waals surface area (Å²) >= 11 is 0. The number of rotatable bonds is 0. The summed E-state index contributed by atoms with van der Waals surface area (Å²) in [7, 11) is 1.96. The molecule has 1 aromatic heterocycles. The van der Waals surface area contributed by atoms with Gasteiger partial charge in [-0.05, 0) is 30.7 Å². The molecule has 3 N–H and O–H groups in total. The number of hydrogen-bond acceptors (Lipinski definition) is 6. The smallest absolute Gasteiger partial charge is 0.278 e. The molecule has 1 amide bonds. The number of aromatic nitrogens is 2. The Kier molecular flexibility index (Phi) is 5.14. The van der Waals surface area contributed by atoms with Crippen molar-refractivity contribution >= 4 is 23.1 Å². The van der Waals surface area contributed by atoms with Crippen LogP contribution in [0.15, 0.2) is 54.7 Å². The fourth-order valence-electron chi connectivity index (χ4n) is 3.33. The molecule has 0 spiro atoms. The van der Waals surface area contributed by atoms with Gasteiger partial charge in [0.05, 0.1) is 36.0 Å². The predicted molar refractivity (Wildman–Crippen MR) is 114 cm³/mol. The molecule has 0 saturated carbocycles. The number of para-hydroxylation sites is 2. The molecule has 1 unspecified atom stereocenters. The van der Waals surface area contributed by atoms with Crippen molar-refractivity contribution < 1.29 is 9.53 Å². The van der Waals surface area contributed by atoms with E-state index in [2.05, 4.69) is 15.3 Å². The summed E-state index contributed by atoms with van der Waals surface area (Å²) in [4.78, 5) is 23.7. The topological polar surface area (TPSA) is 93.4 Å². The second-order valence-corrected chi connectivity index (χ2v) is 7.02. The molecule has 0 saturated heterocycles. The van der Waals surface area contributed by atoms with Gasteiger partial charge in [0, 0.05) is 19.2 Å². The van der Waals surface area contributed by atoms with Crippen LogP contribution in [0.25, 0.3) is 11.3 Å². The van der Waals surface area contributed by atoms with Crippen LogP contribution in [0.1, 0.15) is 29.1 Å². The van der Waals surface area contributed by atoms with Crippen molar-refractivity contribution in [1.82, 2.24) is 9.97 Å². The highest BCUT2D eigenvalue weighted by Crippen LogP contribution is 2.28. The summed E-state index contributed by atoms with van der Waals surface area (Å²) in [6, 6.07) is 15.5. The number of anilines is 3. The van der Waals surface area contributed by atoms with E-state index in [0.717, 1.165) is 16.8 Å². The van der Waals surface area contributed by atoms with Crippen LogP contribution in [0.4, 0.5) is 17.2 Å². The van der Waals surface area contributed by atoms with E-state index in [1.807, 2.05) is 67.4 Å². The van der Waals surface area contributed by atoms with Gasteiger partial charge in [-0.3, -0.25) is 4.79 Å². The number of ether oxygens (including phenoxy) is 1. The Hall–Kier alpha value is -3.45. The lowest BCUT2D eigenvalue weighted by molar-refractivity contribution is 0.0713. The fourth-order valence-corrected chi connectivity index (χ4v) is 3.33. The molecule has 7 heteroatoms. The number of likely N-dealkylation sites (N-methyl/N-ethyl adjacent to an activating group) is 1. The summed E-state index contributed by atoms with van der Waals surface area (Å²) in [6.45, 7) is 3.24. The molecular formula is C22H23N5O2. The minimum atomic E-state index is -0.395. The van der Waals surface area contributed by atoms with Crippen LogP contribution >= 0.6 is 0 Å². The van der Waals surface area contributed by atoms with Crippen LogP contribution < -0.4 is 16.0 Å². The number of nitrogen functional groups attached to an aromatic ring is 1. The Morgan fingerprint density at radius 2 is 2.03 bits per heavy atom. The van der Waals surface area contributed by atoms with Gasteiger partial charge < -0.3 is 20.7 Å². The minimum Gasteiger partial charge on any atom is -0.382 e. The quantitative estimate of drug-likeness (QED) is 0.611. The minimum absolute atomic E-state index is 0.0790. The molecule has 2 aromatic carbocycles. The summed E-state index contributed by atoms with van der Waals surface area (Å²) in [6.07, 6.45) is 1.50. The van der Waals surface area contributed by atoms with Gasteiger partial charge in [0.2, 0.25) is 0 Å². The Bertz CT molecular complexity index is 1050. The van der Waals surface area contributed by atoms with Crippen LogP contribution in [0, 0.1) is 0 Å². The lowest BCUT2D eigenvalue weighted by atomic mass is 10.0. The molecule has 0 aliphatic carbocycles. The van der Waals surface area contributed by atoms with Crippen LogP contribution in [-0.2, 0) is 4.74 Å². The fraction of sp³-hybridized carbons (Fsp3) is 0.227. The number of benzene rings is 2. The third-order valence-corrected chi connectivity index (χ3v) is 5.03. The van der Waals surface area contributed by atoms with Crippen molar-refractivity contribution in [2.24, 2.45) is 0 Å². The van der Waals surface area contributed by atoms with Crippen molar-refractivity contribution in [3.05, 3.63) is 66.0 Å². The molecule has 2 heterocycles. The maximum absolute atomic E-state index is 12.9. The number of fused-ring (bicyclic) bond motifs is 6. The van der Waals surface area contributed by atoms with Crippen molar-refractivity contribution in [2.45, 2.75) is 13.0 Å². The van der Waals surface area contributed by atoms with E-state index in [1.165, 1.54) is 0 Å². The molecule has 148 valence electrons. The lowest BCUT2D eigenvalue weighted by Gasteiger charge is -2.23. The van der Waals surface area contributed by atoms with Crippen LogP contribution in [0.2, 0.25) is 0 Å². The Balaban J connectivity index is 1.82. The van der Waals surface area contributed by atoms with Crippen molar-refractivity contribution in [3.63, 3.8) is 0 Å². The predicted octanol–water partition coefficient (Wildman–Crippen LogP) is 3.51. The lowest BCUT2D eigenvalue weighted by Crippen LogP contribution is -2.25. The first-order chi connectivity index (χ1) is 14.0. The van der Waals surface area contributed by atoms with E-state index in [9.17, 15) is 4.79 Å². The van der Waals surface area contributed by atoms with Gasteiger partial charge in [-0.15, -0.1) is 0 Å². The van der Waals surface area contributed by atoms with Gasteiger partial charge in [0.15, 0.2) is 11.5 Å². The van der Waals surface area contributed by atoms with E-state index < -0.39 is 5.91 Å². The number of nitrogens with zero attached hydrogens (tertiary/aromatic N) is 3. The van der Waals surface area contributed by atoms with Crippen molar-refractivity contribution in [2.75, 3.05) is 36.1 Å². The molecule has 29 heavy (non-hydrogen) atoms. The molecule has 4 rings (SSSR count). The molecule has 1 aliphatic heterocycles. The first-order valence-corrected chi connectivity index (χ1v) is 9.49. The maximum Gasteiger partial charge on any atom is 0.278 e. The van der Waals surface area contributed by atoms with Gasteiger partial charge in [0.25, 0.3) is 5.91 Å². The number of nitrogens with one attached hydrogen (secondary N) is 1. The van der Waals surface area contributed by atoms with E-state index in [4.69, 9.17) is 10.5 Å². The average Bonchev–Trinajstić information content (AvgIpc) is 2.73. The zero-order valence-electron chi connectivity index (χ0n) is 16.4. The molecule has 1 atom stereocenters. The average molecular weight is 389 g/mol. The van der Waals surface area contributed by atoms with Gasteiger partial charge in [-0.1, -0.05) is 30.3 Å². The standard InChI is InChI=1S/C22H23N5O2/c1-14-15-6-5-7-16(12-15)18-13-24-21(23)20(25-18)22(28)26-17-8-3-4-9-19(17)27(2)10-11-29-14/h3-9,12-14H,10-11H2,1-2H3,(H2,23,24)(H,26,28). The number of carbonyl (C=O) groups excluding carboxylic acids is 1. The number of nitrogens with two attached hydrogens (primary N) is 1. The normalized spacial score (nSPS) is 17.0. The molecule has 0 fully saturated rings. The number of carbonyl (C=O) groups is 1. The highest BCUT2D eigenvalue weighted by Gasteiger charge is 2.18. The Morgan fingerprint density at radius 3 is 2.90 bits per heavy atom. The second-order valence-electron chi connectivity index (χ2n) is 7.02. The Labute approximate surface area is 169 Å². The third kappa shape index (κ3) is 3.90. The van der Waals surface area contributed by atoms with Gasteiger partial charge in [0.1, 0.15) is 0 Å². The maximum atomic E-state index is 12.9. The zero-order chi connectivity index (χ0) is 20.4. The highest BCUT2D eigenvalue weighted by atomic mass is 16.5. The van der Waals surface area contributed by atoms with Crippen molar-refractivity contribution in [1.29, 1.82) is 0 Å². The van der Waals surface area contributed by atoms with E-state index in [1.54, 1.807) is 6.20 Å². The number of amides is 1. The van der Waals surface area contributed by atoms with E-state index in [0.29, 0.717) is 24.5 Å². The van der Waals surface area contributed by atoms with Crippen LogP contribution in [0.3, 0.4) is 0 Å². The van der Waals surface area contributed by atoms with Gasteiger partial charge >= 0.3 is 0 Å². The number of hydrogen-bond donors (Lipinski definition) is 2. The van der Waals surface area contributed by atoms with Crippen LogP contribution in [-0.4, -0.2) is 36.1 Å². The summed E-state index contributed by atoms with van der Waals surface area (Å²) in [5.74, 6) is -0.303. The molecule has 1 aliphatic rings. The van der Waals surface area contributed by atoms with E-state index >= 15 is 0 Å². The summed E-state index contributed by atoms with van der Waals surface area (Å²) in [5.41, 5.74) is 10.1. The molecule has 3 aromatic rings. The SMILES string of the molecule is CC1OCCN(C)c2ccccc2NC(=O)c2nc(cnc2N)-c2cccc1c2. The molecule has 4 bridgehead atoms. The molecule has 0 radical (unpaired) electrons. The highest BCUT2D eigenvalue weighted by molar-refractivity contribution is 6.07. The first kappa shape index (κ1) is 18.9. The monoisotopic (exact) mass is 389 g/mol. The van der Waals surface area contributed by atoms with Crippen LogP contribution in [0.5, 0.6) is 0 Å². The summed E-state index contributed by atoms with van der Waals surface area (Å²) < 4.78 is 6.05. The van der Waals surface area contributed by atoms with Crippen molar-refractivity contribution in [3.8, 4) is 11.3 Å². The second kappa shape index (κ2) is 7.89. The van der Waals surface area contributed by atoms with Gasteiger partial charge in [-0.25, -0.2) is 9.97 Å². The molecular weight excluding hydrogens is 366 g/mol. The Morgan fingerprint density at radius 1 is 1.21 bits per heavy atom. The first-order valence-electron chi connectivity index (χ1n) is 9.49. The molecule has 7 nitrogen and oxygen atoms in total. The van der Waals surface area contributed by atoms with E-state index in [-0.39, 0.29) is 17.6 Å². The summed E-state index contributed by atoms with van der Waals surface area (Å²) in [5, 5.41) is 2.92.